The number of aryl methyl sites for hydroxylation is 1. The van der Waals surface area contributed by atoms with Crippen LogP contribution in [0.1, 0.15) is 20.9 Å². The van der Waals surface area contributed by atoms with Gasteiger partial charge in [-0.15, -0.1) is 0 Å². The van der Waals surface area contributed by atoms with Crippen LogP contribution >= 0.6 is 11.3 Å². The number of nitrogens with one attached hydrogen (secondary N) is 1. The van der Waals surface area contributed by atoms with Gasteiger partial charge in [0.25, 0.3) is 0 Å². The minimum atomic E-state index is -4.80. The van der Waals surface area contributed by atoms with Gasteiger partial charge in [0.2, 0.25) is 0 Å². The SMILES string of the molecule is Cc1ccccc1Nc1nc(C(F)(F)F)c(C(=O)O)s1. The van der Waals surface area contributed by atoms with Crippen molar-refractivity contribution in [2.45, 2.75) is 13.1 Å². The molecule has 0 spiro atoms. The van der Waals surface area contributed by atoms with Gasteiger partial charge in [0.15, 0.2) is 10.8 Å². The van der Waals surface area contributed by atoms with E-state index in [9.17, 15) is 18.0 Å². The van der Waals surface area contributed by atoms with Crippen LogP contribution in [0.25, 0.3) is 0 Å². The lowest BCUT2D eigenvalue weighted by atomic mass is 10.2. The maximum absolute atomic E-state index is 12.7. The van der Waals surface area contributed by atoms with Crippen molar-refractivity contribution in [1.29, 1.82) is 0 Å². The molecule has 2 N–H and O–H groups in total. The van der Waals surface area contributed by atoms with E-state index in [-0.39, 0.29) is 5.13 Å². The molecule has 2 rings (SSSR count). The summed E-state index contributed by atoms with van der Waals surface area (Å²) in [4.78, 5) is 13.4. The number of carboxylic acid groups (broad SMARTS) is 1. The molecule has 0 fully saturated rings. The highest BCUT2D eigenvalue weighted by molar-refractivity contribution is 7.17. The average molecular weight is 302 g/mol. The number of benzene rings is 1. The monoisotopic (exact) mass is 302 g/mol. The molecule has 0 aliphatic carbocycles. The zero-order chi connectivity index (χ0) is 14.9. The normalized spacial score (nSPS) is 11.4. The lowest BCUT2D eigenvalue weighted by molar-refractivity contribution is -0.141. The molecule has 8 heteroatoms. The van der Waals surface area contributed by atoms with Crippen LogP contribution in [0.2, 0.25) is 0 Å². The predicted octanol–water partition coefficient (Wildman–Crippen LogP) is 3.91. The molecule has 0 bridgehead atoms. The van der Waals surface area contributed by atoms with Crippen molar-refractivity contribution in [3.05, 3.63) is 40.4 Å². The van der Waals surface area contributed by atoms with Crippen LogP contribution in [0.15, 0.2) is 24.3 Å². The molecular formula is C12H9F3N2O2S. The van der Waals surface area contributed by atoms with Crippen molar-refractivity contribution < 1.29 is 23.1 Å². The summed E-state index contributed by atoms with van der Waals surface area (Å²) < 4.78 is 38.1. The first-order chi connectivity index (χ1) is 9.29. The van der Waals surface area contributed by atoms with Gasteiger partial charge in [-0.25, -0.2) is 9.78 Å². The number of halogens is 3. The fraction of sp³-hybridized carbons (Fsp3) is 0.167. The summed E-state index contributed by atoms with van der Waals surface area (Å²) in [6.45, 7) is 1.78. The molecule has 106 valence electrons. The smallest absolute Gasteiger partial charge is 0.435 e. The van der Waals surface area contributed by atoms with E-state index in [4.69, 9.17) is 5.11 Å². The summed E-state index contributed by atoms with van der Waals surface area (Å²) in [6.07, 6.45) is -4.80. The first-order valence-electron chi connectivity index (χ1n) is 5.43. The van der Waals surface area contributed by atoms with Gasteiger partial charge >= 0.3 is 12.1 Å². The van der Waals surface area contributed by atoms with Crippen LogP contribution < -0.4 is 5.32 Å². The second-order valence-electron chi connectivity index (χ2n) is 3.94. The molecule has 2 aromatic rings. The van der Waals surface area contributed by atoms with Gasteiger partial charge in [0, 0.05) is 5.69 Å². The number of alkyl halides is 3. The molecule has 1 aromatic heterocycles. The Hall–Kier alpha value is -2.09. The lowest BCUT2D eigenvalue weighted by Crippen LogP contribution is -2.11. The number of anilines is 2. The Balaban J connectivity index is 2.40. The van der Waals surface area contributed by atoms with Gasteiger partial charge in [0.05, 0.1) is 0 Å². The number of thiazole rings is 1. The van der Waals surface area contributed by atoms with E-state index in [2.05, 4.69) is 10.3 Å². The van der Waals surface area contributed by atoms with Gasteiger partial charge in [0.1, 0.15) is 4.88 Å². The number of para-hydroxylation sites is 1. The highest BCUT2D eigenvalue weighted by atomic mass is 32.1. The second kappa shape index (κ2) is 5.12. The molecule has 20 heavy (non-hydrogen) atoms. The topological polar surface area (TPSA) is 62.2 Å². The standard InChI is InChI=1S/C12H9F3N2O2S/c1-6-4-2-3-5-7(6)16-11-17-9(12(13,14)15)8(20-11)10(18)19/h2-5H,1H3,(H,16,17)(H,18,19). The molecule has 0 radical (unpaired) electrons. The fourth-order valence-corrected chi connectivity index (χ4v) is 2.38. The van der Waals surface area contributed by atoms with E-state index in [1.165, 1.54) is 0 Å². The molecule has 0 saturated carbocycles. The third-order valence-corrected chi connectivity index (χ3v) is 3.44. The molecular weight excluding hydrogens is 293 g/mol. The van der Waals surface area contributed by atoms with Crippen LogP contribution in [0.5, 0.6) is 0 Å². The van der Waals surface area contributed by atoms with Crippen LogP contribution in [0, 0.1) is 6.92 Å². The lowest BCUT2D eigenvalue weighted by Gasteiger charge is -2.05. The zero-order valence-electron chi connectivity index (χ0n) is 10.2. The van der Waals surface area contributed by atoms with Crippen LogP contribution in [-0.4, -0.2) is 16.1 Å². The molecule has 0 aliphatic rings. The number of carboxylic acids is 1. The third kappa shape index (κ3) is 2.90. The summed E-state index contributed by atoms with van der Waals surface area (Å²) >= 11 is 0.456. The Labute approximate surface area is 115 Å². The summed E-state index contributed by atoms with van der Waals surface area (Å²) in [5.41, 5.74) is 0.00568. The maximum Gasteiger partial charge on any atom is 0.435 e. The Morgan fingerprint density at radius 2 is 2.00 bits per heavy atom. The zero-order valence-corrected chi connectivity index (χ0v) is 11.0. The number of rotatable bonds is 3. The van der Waals surface area contributed by atoms with Gasteiger partial charge in [-0.1, -0.05) is 29.5 Å². The Morgan fingerprint density at radius 3 is 2.50 bits per heavy atom. The first-order valence-corrected chi connectivity index (χ1v) is 6.24. The maximum atomic E-state index is 12.7. The number of aromatic carboxylic acids is 1. The molecule has 4 nitrogen and oxygen atoms in total. The summed E-state index contributed by atoms with van der Waals surface area (Å²) in [5, 5.41) is 11.4. The van der Waals surface area contributed by atoms with Crippen molar-refractivity contribution in [3.8, 4) is 0 Å². The molecule has 0 unspecified atom stereocenters. The summed E-state index contributed by atoms with van der Waals surface area (Å²) in [5.74, 6) is -1.65. The highest BCUT2D eigenvalue weighted by Gasteiger charge is 2.39. The Kier molecular flexibility index (Phi) is 3.67. The van der Waals surface area contributed by atoms with Crippen LogP contribution in [0.3, 0.4) is 0 Å². The molecule has 0 atom stereocenters. The number of carbonyl (C=O) groups is 1. The molecule has 0 saturated heterocycles. The van der Waals surface area contributed by atoms with Gasteiger partial charge in [-0.2, -0.15) is 13.2 Å². The number of nitrogens with zero attached hydrogens (tertiary/aromatic N) is 1. The summed E-state index contributed by atoms with van der Waals surface area (Å²) in [6, 6.07) is 6.95. The summed E-state index contributed by atoms with van der Waals surface area (Å²) in [7, 11) is 0. The second-order valence-corrected chi connectivity index (χ2v) is 4.94. The Bertz CT molecular complexity index is 652. The molecule has 1 heterocycles. The fourth-order valence-electron chi connectivity index (χ4n) is 1.54. The van der Waals surface area contributed by atoms with Gasteiger partial charge in [-0.05, 0) is 18.6 Å². The largest absolute Gasteiger partial charge is 0.477 e. The van der Waals surface area contributed by atoms with E-state index in [1.807, 2.05) is 0 Å². The third-order valence-electron chi connectivity index (χ3n) is 2.48. The number of hydrogen-bond donors (Lipinski definition) is 2. The van der Waals surface area contributed by atoms with E-state index in [0.717, 1.165) is 5.56 Å². The van der Waals surface area contributed by atoms with E-state index >= 15 is 0 Å². The van der Waals surface area contributed by atoms with Crippen LogP contribution in [0.4, 0.5) is 24.0 Å². The first kappa shape index (κ1) is 14.3. The minimum absolute atomic E-state index is 0.107. The quantitative estimate of drug-likeness (QED) is 0.902. The van der Waals surface area contributed by atoms with Crippen molar-refractivity contribution in [1.82, 2.24) is 4.98 Å². The molecule has 0 amide bonds. The van der Waals surface area contributed by atoms with Crippen molar-refractivity contribution in [2.75, 3.05) is 5.32 Å². The van der Waals surface area contributed by atoms with Crippen LogP contribution in [-0.2, 0) is 6.18 Å². The van der Waals surface area contributed by atoms with E-state index in [1.54, 1.807) is 31.2 Å². The van der Waals surface area contributed by atoms with E-state index < -0.39 is 22.7 Å². The minimum Gasteiger partial charge on any atom is -0.477 e. The van der Waals surface area contributed by atoms with Crippen molar-refractivity contribution >= 4 is 28.1 Å². The number of aromatic nitrogens is 1. The van der Waals surface area contributed by atoms with Gasteiger partial charge in [-0.3, -0.25) is 0 Å². The van der Waals surface area contributed by atoms with Crippen molar-refractivity contribution in [3.63, 3.8) is 0 Å². The number of hydrogen-bond acceptors (Lipinski definition) is 4. The molecule has 0 aliphatic heterocycles. The average Bonchev–Trinajstić information content (AvgIpc) is 2.76. The van der Waals surface area contributed by atoms with Crippen molar-refractivity contribution in [2.24, 2.45) is 0 Å². The highest BCUT2D eigenvalue weighted by Crippen LogP contribution is 2.37. The molecule has 1 aromatic carbocycles. The Morgan fingerprint density at radius 1 is 1.35 bits per heavy atom. The van der Waals surface area contributed by atoms with E-state index in [0.29, 0.717) is 17.0 Å². The van der Waals surface area contributed by atoms with Gasteiger partial charge < -0.3 is 10.4 Å². The predicted molar refractivity (Wildman–Crippen MR) is 68.5 cm³/mol.